The highest BCUT2D eigenvalue weighted by molar-refractivity contribution is 5.93. The van der Waals surface area contributed by atoms with Crippen molar-refractivity contribution in [2.24, 2.45) is 5.92 Å². The number of hydrogen-bond donors (Lipinski definition) is 1. The van der Waals surface area contributed by atoms with Crippen molar-refractivity contribution in [2.45, 2.75) is 108 Å². The fourth-order valence-corrected chi connectivity index (χ4v) is 7.32. The van der Waals surface area contributed by atoms with Crippen molar-refractivity contribution in [1.29, 1.82) is 0 Å². The first kappa shape index (κ1) is 37.9. The van der Waals surface area contributed by atoms with E-state index < -0.39 is 72.2 Å². The Kier molecular flexibility index (Phi) is 11.2. The maximum Gasteiger partial charge on any atom is 0.416 e. The van der Waals surface area contributed by atoms with Gasteiger partial charge in [-0.25, -0.2) is 19.6 Å². The number of carbonyl (C=O) groups is 3. The highest BCUT2D eigenvalue weighted by Gasteiger charge is 2.43. The molecule has 2 aliphatic heterocycles. The summed E-state index contributed by atoms with van der Waals surface area (Å²) in [5.41, 5.74) is -2.73. The quantitative estimate of drug-likeness (QED) is 0.270. The monoisotopic (exact) mass is 728 g/mol. The van der Waals surface area contributed by atoms with E-state index in [2.05, 4.69) is 9.97 Å². The molecule has 17 heteroatoms. The number of carbonyl (C=O) groups excluding carboxylic acids is 2. The van der Waals surface area contributed by atoms with Gasteiger partial charge < -0.3 is 24.5 Å². The largest absolute Gasteiger partial charge is 0.481 e. The number of urea groups is 1. The van der Waals surface area contributed by atoms with Crippen molar-refractivity contribution in [1.82, 2.24) is 19.8 Å². The molecule has 1 N–H and O–H groups in total. The van der Waals surface area contributed by atoms with Crippen LogP contribution >= 0.6 is 0 Å². The molecule has 280 valence electrons. The van der Waals surface area contributed by atoms with Gasteiger partial charge in [-0.1, -0.05) is 13.8 Å². The number of anilines is 2. The highest BCUT2D eigenvalue weighted by Crippen LogP contribution is 2.39. The summed E-state index contributed by atoms with van der Waals surface area (Å²) >= 11 is 0. The molecule has 2 aromatic rings. The van der Waals surface area contributed by atoms with Gasteiger partial charge in [-0.3, -0.25) is 9.69 Å². The van der Waals surface area contributed by atoms with Gasteiger partial charge in [-0.15, -0.1) is 0 Å². The Morgan fingerprint density at radius 2 is 1.45 bits per heavy atom. The summed E-state index contributed by atoms with van der Waals surface area (Å²) in [6, 6.07) is -0.110. The van der Waals surface area contributed by atoms with Gasteiger partial charge in [0.05, 0.1) is 35.1 Å². The molecule has 51 heavy (non-hydrogen) atoms. The second-order valence-electron chi connectivity index (χ2n) is 13.5. The molecule has 11 nitrogen and oxygen atoms in total. The van der Waals surface area contributed by atoms with Crippen LogP contribution in [0.25, 0.3) is 0 Å². The number of aromatic nitrogens is 2. The molecular weight excluding hydrogens is 686 g/mol. The first-order chi connectivity index (χ1) is 24.0. The summed E-state index contributed by atoms with van der Waals surface area (Å²) in [5, 5.41) is 9.32. The first-order valence-corrected chi connectivity index (χ1v) is 17.1. The maximum atomic E-state index is 13.8. The SMILES string of the molecule is CC[C@@H]1CC(N(Cc2cc(C(F)(F)F)cc(C(F)(F)F)c2)c2ncc(N3CCN(C)C3=O)cn2)C[C@H](CC)N1C(=O)O[C@H]1CC[C@H](C(=O)O)CC1. The molecule has 5 rings (SSSR count). The summed E-state index contributed by atoms with van der Waals surface area (Å²) < 4.78 is 88.8. The lowest BCUT2D eigenvalue weighted by Gasteiger charge is -2.47. The van der Waals surface area contributed by atoms with Gasteiger partial charge in [0, 0.05) is 44.8 Å². The Hall–Kier alpha value is -4.31. The Bertz CT molecular complexity index is 1520. The second kappa shape index (κ2) is 15.1. The van der Waals surface area contributed by atoms with E-state index >= 15 is 0 Å². The van der Waals surface area contributed by atoms with E-state index in [1.54, 1.807) is 16.8 Å². The number of amides is 3. The lowest BCUT2D eigenvalue weighted by Crippen LogP contribution is -2.57. The van der Waals surface area contributed by atoms with Crippen LogP contribution in [0.4, 0.5) is 47.6 Å². The topological polar surface area (TPSA) is 119 Å². The van der Waals surface area contributed by atoms with Gasteiger partial charge in [0.15, 0.2) is 0 Å². The molecule has 3 atom stereocenters. The van der Waals surface area contributed by atoms with Gasteiger partial charge in [0.2, 0.25) is 5.95 Å². The number of likely N-dealkylation sites (N-methyl/N-ethyl adjacent to an activating group) is 1. The minimum atomic E-state index is -5.03. The number of benzene rings is 1. The van der Waals surface area contributed by atoms with Gasteiger partial charge >= 0.3 is 30.4 Å². The van der Waals surface area contributed by atoms with Crippen molar-refractivity contribution < 1.29 is 50.6 Å². The predicted octanol–water partition coefficient (Wildman–Crippen LogP) is 7.19. The van der Waals surface area contributed by atoms with E-state index in [9.17, 15) is 45.8 Å². The molecule has 3 heterocycles. The van der Waals surface area contributed by atoms with Crippen molar-refractivity contribution >= 4 is 29.7 Å². The van der Waals surface area contributed by atoms with E-state index in [-0.39, 0.29) is 23.6 Å². The molecule has 1 saturated carbocycles. The molecular formula is C34H42F6N6O5. The first-order valence-electron chi connectivity index (χ1n) is 17.1. The maximum absolute atomic E-state index is 13.8. The number of piperidine rings is 1. The summed E-state index contributed by atoms with van der Waals surface area (Å²) in [6.45, 7) is 4.22. The van der Waals surface area contributed by atoms with Gasteiger partial charge in [0.25, 0.3) is 0 Å². The van der Waals surface area contributed by atoms with Gasteiger partial charge in [0.1, 0.15) is 6.10 Å². The Labute approximate surface area is 291 Å². The zero-order valence-corrected chi connectivity index (χ0v) is 28.6. The number of carboxylic acid groups (broad SMARTS) is 1. The third-order valence-electron chi connectivity index (χ3n) is 10.2. The van der Waals surface area contributed by atoms with E-state index in [4.69, 9.17) is 4.74 Å². The lowest BCUT2D eigenvalue weighted by molar-refractivity contribution is -0.144. The average Bonchev–Trinajstić information content (AvgIpc) is 3.42. The second-order valence-corrected chi connectivity index (χ2v) is 13.5. The van der Waals surface area contributed by atoms with Crippen molar-refractivity contribution in [2.75, 3.05) is 29.9 Å². The van der Waals surface area contributed by atoms with E-state index in [0.717, 1.165) is 0 Å². The average molecular weight is 729 g/mol. The molecule has 3 amide bonds. The molecule has 0 radical (unpaired) electrons. The third kappa shape index (κ3) is 8.60. The number of ether oxygens (including phenoxy) is 1. The normalized spacial score (nSPS) is 24.5. The number of nitrogens with zero attached hydrogens (tertiary/aromatic N) is 6. The molecule has 1 aliphatic carbocycles. The van der Waals surface area contributed by atoms with Crippen LogP contribution in [0, 0.1) is 5.92 Å². The summed E-state index contributed by atoms with van der Waals surface area (Å²) in [5.74, 6) is -1.31. The minimum absolute atomic E-state index is 0.0469. The molecule has 1 aromatic heterocycles. The van der Waals surface area contributed by atoms with E-state index in [1.165, 1.54) is 22.2 Å². The van der Waals surface area contributed by atoms with E-state index in [1.807, 2.05) is 13.8 Å². The third-order valence-corrected chi connectivity index (χ3v) is 10.2. The number of alkyl halides is 6. The Balaban J connectivity index is 1.45. The zero-order valence-electron chi connectivity index (χ0n) is 28.6. The molecule has 3 aliphatic rings. The lowest BCUT2D eigenvalue weighted by atomic mass is 9.87. The predicted molar refractivity (Wildman–Crippen MR) is 173 cm³/mol. The van der Waals surface area contributed by atoms with Crippen LogP contribution in [0.3, 0.4) is 0 Å². The van der Waals surface area contributed by atoms with Gasteiger partial charge in [-0.2, -0.15) is 26.3 Å². The highest BCUT2D eigenvalue weighted by atomic mass is 19.4. The fraction of sp³-hybridized carbons (Fsp3) is 0.618. The number of halogens is 6. The van der Waals surface area contributed by atoms with Crippen LogP contribution in [0.1, 0.15) is 81.9 Å². The fourth-order valence-electron chi connectivity index (χ4n) is 7.32. The number of aliphatic carboxylic acids is 1. The summed E-state index contributed by atoms with van der Waals surface area (Å²) in [4.78, 5) is 52.7. The van der Waals surface area contributed by atoms with Crippen LogP contribution in [-0.2, 0) is 28.4 Å². The number of hydrogen-bond acceptors (Lipinski definition) is 7. The minimum Gasteiger partial charge on any atom is -0.481 e. The van der Waals surface area contributed by atoms with Crippen molar-refractivity contribution in [3.8, 4) is 0 Å². The summed E-state index contributed by atoms with van der Waals surface area (Å²) in [7, 11) is 1.64. The Morgan fingerprint density at radius 3 is 1.90 bits per heavy atom. The van der Waals surface area contributed by atoms with Crippen molar-refractivity contribution in [3.05, 3.63) is 47.3 Å². The zero-order chi connectivity index (χ0) is 37.2. The van der Waals surface area contributed by atoms with Crippen molar-refractivity contribution in [3.63, 3.8) is 0 Å². The van der Waals surface area contributed by atoms with Crippen LogP contribution in [0.15, 0.2) is 30.6 Å². The van der Waals surface area contributed by atoms with Crippen LogP contribution in [0.2, 0.25) is 0 Å². The van der Waals surface area contributed by atoms with Crippen LogP contribution in [0.5, 0.6) is 0 Å². The standard InChI is InChI=1S/C34H42F6N6O5/c1-4-24-15-26(16-25(5-2)46(24)32(50)51-28-8-6-21(7-9-28)29(47)48)45(30-41-17-27(18-42-30)44-11-10-43(3)31(44)49)19-20-12-22(33(35,36)37)14-23(13-20)34(38,39)40/h12-14,17-18,21,24-26,28H,4-11,15-16,19H2,1-3H3,(H,47,48)/t21-,24-,25+,26?,28-. The smallest absolute Gasteiger partial charge is 0.416 e. The Morgan fingerprint density at radius 1 is 0.902 bits per heavy atom. The molecule has 1 aromatic carbocycles. The molecule has 1 unspecified atom stereocenters. The molecule has 3 fully saturated rings. The number of likely N-dealkylation sites (tertiary alicyclic amines) is 1. The molecule has 2 saturated heterocycles. The molecule has 0 spiro atoms. The van der Waals surface area contributed by atoms with Crippen LogP contribution < -0.4 is 9.80 Å². The summed E-state index contributed by atoms with van der Waals surface area (Å²) in [6.07, 6.45) is -5.06. The van der Waals surface area contributed by atoms with Gasteiger partial charge in [-0.05, 0) is 75.1 Å². The number of rotatable bonds is 9. The van der Waals surface area contributed by atoms with E-state index in [0.29, 0.717) is 82.3 Å². The van der Waals surface area contributed by atoms with Crippen LogP contribution in [-0.4, -0.2) is 87.3 Å². The molecule has 0 bridgehead atoms. The number of carboxylic acids is 1.